The van der Waals surface area contributed by atoms with Gasteiger partial charge in [-0.25, -0.2) is 4.68 Å². The van der Waals surface area contributed by atoms with Crippen LogP contribution < -0.4 is 0 Å². The van der Waals surface area contributed by atoms with E-state index >= 15 is 0 Å². The summed E-state index contributed by atoms with van der Waals surface area (Å²) in [5, 5.41) is 20.6. The van der Waals surface area contributed by atoms with Gasteiger partial charge in [0, 0.05) is 25.5 Å². The number of hydrogen-bond acceptors (Lipinski definition) is 5. The van der Waals surface area contributed by atoms with Crippen molar-refractivity contribution in [1.82, 2.24) is 20.2 Å². The first kappa shape index (κ1) is 13.9. The van der Waals surface area contributed by atoms with Gasteiger partial charge in [0.25, 0.3) is 0 Å². The number of carboxylic acids is 1. The normalized spacial score (nSPS) is 24.5. The molecule has 2 heterocycles. The molecule has 0 radical (unpaired) electrons. The molecule has 0 spiro atoms. The highest BCUT2D eigenvalue weighted by Gasteiger charge is 2.32. The molecule has 1 N–H and O–H groups in total. The molecule has 3 atom stereocenters. The zero-order chi connectivity index (χ0) is 13.8. The number of hydrogen-bond donors (Lipinski definition) is 1. The van der Waals surface area contributed by atoms with E-state index in [-0.39, 0.29) is 24.4 Å². The molecule has 106 valence electrons. The molecule has 1 saturated heterocycles. The Morgan fingerprint density at radius 3 is 3.11 bits per heavy atom. The molecular weight excluding hydrogens is 248 g/mol. The van der Waals surface area contributed by atoms with E-state index in [9.17, 15) is 4.79 Å². The molecule has 1 fully saturated rings. The molecule has 1 aromatic heterocycles. The first-order valence-electron chi connectivity index (χ1n) is 6.71. The van der Waals surface area contributed by atoms with Crippen molar-refractivity contribution in [3.05, 3.63) is 5.82 Å². The molecule has 3 unspecified atom stereocenters. The Kier molecular flexibility index (Phi) is 4.47. The zero-order valence-electron chi connectivity index (χ0n) is 11.3. The summed E-state index contributed by atoms with van der Waals surface area (Å²) >= 11 is 0. The molecule has 0 amide bonds. The molecule has 2 rings (SSSR count). The Hall–Kier alpha value is -1.50. The Bertz CT molecular complexity index is 434. The van der Waals surface area contributed by atoms with Crippen LogP contribution >= 0.6 is 0 Å². The van der Waals surface area contributed by atoms with Gasteiger partial charge in [-0.2, -0.15) is 0 Å². The number of carbonyl (C=O) groups is 1. The average molecular weight is 268 g/mol. The second-order valence-corrected chi connectivity index (χ2v) is 5.13. The SMILES string of the molecule is CCC1OCCC1c1nnnn1CC(C)CC(=O)O. The maximum atomic E-state index is 10.7. The van der Waals surface area contributed by atoms with Crippen LogP contribution in [0.15, 0.2) is 0 Å². The summed E-state index contributed by atoms with van der Waals surface area (Å²) in [5.41, 5.74) is 0. The monoisotopic (exact) mass is 268 g/mol. The van der Waals surface area contributed by atoms with Crippen LogP contribution in [0.25, 0.3) is 0 Å². The lowest BCUT2D eigenvalue weighted by Gasteiger charge is -2.17. The van der Waals surface area contributed by atoms with Crippen LogP contribution in [0.3, 0.4) is 0 Å². The van der Waals surface area contributed by atoms with Gasteiger partial charge in [0.05, 0.1) is 6.10 Å². The van der Waals surface area contributed by atoms with Gasteiger partial charge in [-0.15, -0.1) is 5.10 Å². The third kappa shape index (κ3) is 3.28. The van der Waals surface area contributed by atoms with Gasteiger partial charge < -0.3 is 9.84 Å². The maximum Gasteiger partial charge on any atom is 0.303 e. The van der Waals surface area contributed by atoms with Crippen LogP contribution in [0.4, 0.5) is 0 Å². The van der Waals surface area contributed by atoms with Crippen LogP contribution in [-0.4, -0.2) is 44.0 Å². The number of aliphatic carboxylic acids is 1. The standard InChI is InChI=1S/C12H20N4O3/c1-3-10-9(4-5-19-10)12-13-14-15-16(12)7-8(2)6-11(17)18/h8-10H,3-7H2,1-2H3,(H,17,18). The van der Waals surface area contributed by atoms with Crippen LogP contribution in [-0.2, 0) is 16.1 Å². The third-order valence-electron chi connectivity index (χ3n) is 3.51. The summed E-state index contributed by atoms with van der Waals surface area (Å²) in [6, 6.07) is 0. The van der Waals surface area contributed by atoms with Gasteiger partial charge >= 0.3 is 5.97 Å². The fourth-order valence-electron chi connectivity index (χ4n) is 2.61. The van der Waals surface area contributed by atoms with Gasteiger partial charge in [-0.1, -0.05) is 13.8 Å². The van der Waals surface area contributed by atoms with E-state index in [1.54, 1.807) is 4.68 Å². The van der Waals surface area contributed by atoms with Crippen molar-refractivity contribution in [1.29, 1.82) is 0 Å². The number of tetrazole rings is 1. The minimum absolute atomic E-state index is 0.00199. The fourth-order valence-corrected chi connectivity index (χ4v) is 2.61. The molecule has 0 saturated carbocycles. The van der Waals surface area contributed by atoms with Crippen LogP contribution in [0.5, 0.6) is 0 Å². The molecule has 0 aliphatic carbocycles. The lowest BCUT2D eigenvalue weighted by Crippen LogP contribution is -2.21. The minimum Gasteiger partial charge on any atom is -0.481 e. The largest absolute Gasteiger partial charge is 0.481 e. The first-order valence-corrected chi connectivity index (χ1v) is 6.71. The van der Waals surface area contributed by atoms with Crippen LogP contribution in [0.2, 0.25) is 0 Å². The molecular formula is C12H20N4O3. The van der Waals surface area contributed by atoms with Gasteiger partial charge in [0.1, 0.15) is 0 Å². The molecule has 7 nitrogen and oxygen atoms in total. The topological polar surface area (TPSA) is 90.1 Å². The van der Waals surface area contributed by atoms with Crippen molar-refractivity contribution in [2.24, 2.45) is 5.92 Å². The molecule has 19 heavy (non-hydrogen) atoms. The van der Waals surface area contributed by atoms with Crippen molar-refractivity contribution in [2.75, 3.05) is 6.61 Å². The molecule has 0 aromatic carbocycles. The van der Waals surface area contributed by atoms with E-state index in [2.05, 4.69) is 22.4 Å². The maximum absolute atomic E-state index is 10.7. The first-order chi connectivity index (χ1) is 9.11. The predicted molar refractivity (Wildman–Crippen MR) is 66.6 cm³/mol. The van der Waals surface area contributed by atoms with Gasteiger partial charge in [-0.3, -0.25) is 4.79 Å². The Morgan fingerprint density at radius 2 is 2.42 bits per heavy atom. The average Bonchev–Trinajstić information content (AvgIpc) is 2.94. The van der Waals surface area contributed by atoms with Gasteiger partial charge in [-0.05, 0) is 29.2 Å². The highest BCUT2D eigenvalue weighted by atomic mass is 16.5. The third-order valence-corrected chi connectivity index (χ3v) is 3.51. The number of aromatic nitrogens is 4. The van der Waals surface area contributed by atoms with E-state index in [4.69, 9.17) is 9.84 Å². The summed E-state index contributed by atoms with van der Waals surface area (Å²) in [4.78, 5) is 10.7. The summed E-state index contributed by atoms with van der Waals surface area (Å²) in [7, 11) is 0. The predicted octanol–water partition coefficient (Wildman–Crippen LogP) is 1.07. The lowest BCUT2D eigenvalue weighted by molar-refractivity contribution is -0.138. The van der Waals surface area contributed by atoms with Crippen LogP contribution in [0, 0.1) is 5.92 Å². The smallest absolute Gasteiger partial charge is 0.303 e. The second kappa shape index (κ2) is 6.10. The summed E-state index contributed by atoms with van der Waals surface area (Å²) in [6.07, 6.45) is 2.14. The number of nitrogens with zero attached hydrogens (tertiary/aromatic N) is 4. The van der Waals surface area contributed by atoms with Crippen molar-refractivity contribution < 1.29 is 14.6 Å². The Labute approximate surface area is 111 Å². The van der Waals surface area contributed by atoms with E-state index in [0.29, 0.717) is 6.54 Å². The van der Waals surface area contributed by atoms with E-state index < -0.39 is 5.97 Å². The number of ether oxygens (including phenoxy) is 1. The van der Waals surface area contributed by atoms with Crippen molar-refractivity contribution in [3.63, 3.8) is 0 Å². The minimum atomic E-state index is -0.794. The number of carboxylic acid groups (broad SMARTS) is 1. The summed E-state index contributed by atoms with van der Waals surface area (Å²) in [5.74, 6) is 0.249. The molecule has 7 heteroatoms. The second-order valence-electron chi connectivity index (χ2n) is 5.13. The zero-order valence-corrected chi connectivity index (χ0v) is 11.3. The van der Waals surface area contributed by atoms with Crippen molar-refractivity contribution >= 4 is 5.97 Å². The highest BCUT2D eigenvalue weighted by molar-refractivity contribution is 5.66. The van der Waals surface area contributed by atoms with Crippen molar-refractivity contribution in [3.8, 4) is 0 Å². The summed E-state index contributed by atoms with van der Waals surface area (Å²) < 4.78 is 7.39. The quantitative estimate of drug-likeness (QED) is 0.829. The molecule has 1 aliphatic rings. The van der Waals surface area contributed by atoms with E-state index in [1.807, 2.05) is 6.92 Å². The molecule has 1 aromatic rings. The molecule has 1 aliphatic heterocycles. The highest BCUT2D eigenvalue weighted by Crippen LogP contribution is 2.31. The number of rotatable bonds is 6. The van der Waals surface area contributed by atoms with Crippen LogP contribution in [0.1, 0.15) is 44.9 Å². The lowest BCUT2D eigenvalue weighted by atomic mass is 9.98. The Morgan fingerprint density at radius 1 is 1.63 bits per heavy atom. The van der Waals surface area contributed by atoms with Crippen molar-refractivity contribution in [2.45, 2.75) is 51.7 Å². The fraction of sp³-hybridized carbons (Fsp3) is 0.833. The van der Waals surface area contributed by atoms with Gasteiger partial charge in [0.2, 0.25) is 0 Å². The van der Waals surface area contributed by atoms with E-state index in [0.717, 1.165) is 25.3 Å². The van der Waals surface area contributed by atoms with Gasteiger partial charge in [0.15, 0.2) is 5.82 Å². The summed E-state index contributed by atoms with van der Waals surface area (Å²) in [6.45, 7) is 5.24. The Balaban J connectivity index is 2.07. The molecule has 0 bridgehead atoms. The van der Waals surface area contributed by atoms with E-state index in [1.165, 1.54) is 0 Å².